The van der Waals surface area contributed by atoms with Crippen molar-refractivity contribution in [1.29, 1.82) is 0 Å². The fourth-order valence-electron chi connectivity index (χ4n) is 1.32. The van der Waals surface area contributed by atoms with Gasteiger partial charge in [-0.1, -0.05) is 0 Å². The van der Waals surface area contributed by atoms with Crippen LogP contribution >= 0.6 is 0 Å². The second kappa shape index (κ2) is 5.82. The predicted octanol–water partition coefficient (Wildman–Crippen LogP) is 2.04. The minimum Gasteiger partial charge on any atom is -0.482 e. The number of carbonyl (C=O) groups is 1. The summed E-state index contributed by atoms with van der Waals surface area (Å²) in [4.78, 5) is 11.4. The third-order valence-corrected chi connectivity index (χ3v) is 1.96. The molecule has 0 aliphatic heterocycles. The van der Waals surface area contributed by atoms with Gasteiger partial charge < -0.3 is 14.6 Å². The molecular formula is C13H17FO4. The molecule has 0 bridgehead atoms. The lowest BCUT2D eigenvalue weighted by Crippen LogP contribution is -2.27. The van der Waals surface area contributed by atoms with E-state index < -0.39 is 17.4 Å². The van der Waals surface area contributed by atoms with Crippen LogP contribution in [0.25, 0.3) is 0 Å². The first kappa shape index (κ1) is 14.4. The van der Waals surface area contributed by atoms with Gasteiger partial charge in [-0.3, -0.25) is 0 Å². The van der Waals surface area contributed by atoms with Crippen LogP contribution in [0.5, 0.6) is 5.75 Å². The molecule has 100 valence electrons. The minimum absolute atomic E-state index is 0.268. The van der Waals surface area contributed by atoms with Crippen molar-refractivity contribution in [2.45, 2.75) is 33.0 Å². The quantitative estimate of drug-likeness (QED) is 0.837. The SMILES string of the molecule is CC(C)(C)OC(=O)COc1ccc(F)cc1CO. The summed E-state index contributed by atoms with van der Waals surface area (Å²) in [6, 6.07) is 3.72. The van der Waals surface area contributed by atoms with Crippen LogP contribution in [0, 0.1) is 5.82 Å². The lowest BCUT2D eigenvalue weighted by atomic mass is 10.2. The summed E-state index contributed by atoms with van der Waals surface area (Å²) in [5, 5.41) is 9.03. The Bertz CT molecular complexity index is 423. The first-order valence-corrected chi connectivity index (χ1v) is 5.56. The number of rotatable bonds is 4. The Hall–Kier alpha value is -1.62. The van der Waals surface area contributed by atoms with Crippen molar-refractivity contribution in [2.75, 3.05) is 6.61 Å². The highest BCUT2D eigenvalue weighted by molar-refractivity contribution is 5.71. The van der Waals surface area contributed by atoms with E-state index in [1.54, 1.807) is 20.8 Å². The first-order chi connectivity index (χ1) is 8.31. The Morgan fingerprint density at radius 1 is 1.39 bits per heavy atom. The van der Waals surface area contributed by atoms with Gasteiger partial charge in [0.15, 0.2) is 6.61 Å². The maximum Gasteiger partial charge on any atom is 0.344 e. The number of halogens is 1. The molecule has 18 heavy (non-hydrogen) atoms. The van der Waals surface area contributed by atoms with Crippen molar-refractivity contribution in [3.63, 3.8) is 0 Å². The summed E-state index contributed by atoms with van der Waals surface area (Å²) >= 11 is 0. The van der Waals surface area contributed by atoms with Crippen LogP contribution in [-0.2, 0) is 16.1 Å². The molecule has 1 N–H and O–H groups in total. The molecule has 0 saturated heterocycles. The zero-order chi connectivity index (χ0) is 13.8. The predicted molar refractivity (Wildman–Crippen MR) is 63.7 cm³/mol. The number of esters is 1. The van der Waals surface area contributed by atoms with E-state index >= 15 is 0 Å². The van der Waals surface area contributed by atoms with Crippen molar-refractivity contribution < 1.29 is 23.8 Å². The van der Waals surface area contributed by atoms with Crippen LogP contribution in [0.15, 0.2) is 18.2 Å². The molecule has 0 atom stereocenters. The van der Waals surface area contributed by atoms with Gasteiger partial charge in [0.05, 0.1) is 6.61 Å². The van der Waals surface area contributed by atoms with Gasteiger partial charge in [-0.25, -0.2) is 9.18 Å². The third kappa shape index (κ3) is 4.71. The number of hydrogen-bond acceptors (Lipinski definition) is 4. The Balaban J connectivity index is 2.61. The number of aliphatic hydroxyl groups is 1. The molecule has 5 heteroatoms. The molecule has 1 rings (SSSR count). The molecule has 4 nitrogen and oxygen atoms in total. The topological polar surface area (TPSA) is 55.8 Å². The van der Waals surface area contributed by atoms with Crippen LogP contribution in [0.3, 0.4) is 0 Å². The van der Waals surface area contributed by atoms with Crippen molar-refractivity contribution in [1.82, 2.24) is 0 Å². The molecule has 0 aliphatic carbocycles. The maximum absolute atomic E-state index is 12.9. The smallest absolute Gasteiger partial charge is 0.344 e. The lowest BCUT2D eigenvalue weighted by Gasteiger charge is -2.19. The van der Waals surface area contributed by atoms with E-state index in [1.165, 1.54) is 12.1 Å². The van der Waals surface area contributed by atoms with Gasteiger partial charge in [-0.05, 0) is 39.0 Å². The van der Waals surface area contributed by atoms with E-state index in [9.17, 15) is 9.18 Å². The Morgan fingerprint density at radius 2 is 2.06 bits per heavy atom. The number of carbonyl (C=O) groups excluding carboxylic acids is 1. The number of benzene rings is 1. The van der Waals surface area contributed by atoms with Gasteiger partial charge in [0, 0.05) is 5.56 Å². The van der Waals surface area contributed by atoms with E-state index in [1.807, 2.05) is 0 Å². The third-order valence-electron chi connectivity index (χ3n) is 1.96. The molecular weight excluding hydrogens is 239 g/mol. The van der Waals surface area contributed by atoms with E-state index in [0.717, 1.165) is 6.07 Å². The van der Waals surface area contributed by atoms with E-state index in [0.29, 0.717) is 5.56 Å². The van der Waals surface area contributed by atoms with E-state index in [2.05, 4.69) is 0 Å². The maximum atomic E-state index is 12.9. The molecule has 0 radical (unpaired) electrons. The fraction of sp³-hybridized carbons (Fsp3) is 0.462. The van der Waals surface area contributed by atoms with Gasteiger partial charge in [0.25, 0.3) is 0 Å². The highest BCUT2D eigenvalue weighted by atomic mass is 19.1. The molecule has 0 heterocycles. The summed E-state index contributed by atoms with van der Waals surface area (Å²) in [5.41, 5.74) is -0.290. The van der Waals surface area contributed by atoms with Gasteiger partial charge in [-0.15, -0.1) is 0 Å². The summed E-state index contributed by atoms with van der Waals surface area (Å²) in [7, 11) is 0. The normalized spacial score (nSPS) is 11.2. The summed E-state index contributed by atoms with van der Waals surface area (Å²) in [6.45, 7) is 4.61. The summed E-state index contributed by atoms with van der Waals surface area (Å²) in [5.74, 6) is -0.718. The van der Waals surface area contributed by atoms with Crippen LogP contribution in [0.2, 0.25) is 0 Å². The molecule has 0 aromatic heterocycles. The van der Waals surface area contributed by atoms with Crippen LogP contribution in [0.4, 0.5) is 4.39 Å². The van der Waals surface area contributed by atoms with Crippen molar-refractivity contribution in [3.05, 3.63) is 29.6 Å². The van der Waals surface area contributed by atoms with Crippen molar-refractivity contribution >= 4 is 5.97 Å². The number of aliphatic hydroxyl groups excluding tert-OH is 1. The molecule has 0 fully saturated rings. The molecule has 0 spiro atoms. The molecule has 0 unspecified atom stereocenters. The molecule has 1 aromatic carbocycles. The molecule has 1 aromatic rings. The zero-order valence-corrected chi connectivity index (χ0v) is 10.7. The first-order valence-electron chi connectivity index (χ1n) is 5.56. The standard InChI is InChI=1S/C13H17FO4/c1-13(2,3)18-12(16)8-17-11-5-4-10(14)6-9(11)7-15/h4-6,15H,7-8H2,1-3H3. The Morgan fingerprint density at radius 3 is 2.61 bits per heavy atom. The fourth-order valence-corrected chi connectivity index (χ4v) is 1.32. The molecule has 0 saturated carbocycles. The second-order valence-electron chi connectivity index (χ2n) is 4.79. The highest BCUT2D eigenvalue weighted by Gasteiger charge is 2.17. The van der Waals surface area contributed by atoms with Crippen LogP contribution in [0.1, 0.15) is 26.3 Å². The monoisotopic (exact) mass is 256 g/mol. The zero-order valence-electron chi connectivity index (χ0n) is 10.7. The average Bonchev–Trinajstić information content (AvgIpc) is 2.24. The van der Waals surface area contributed by atoms with Gasteiger partial charge in [0.2, 0.25) is 0 Å². The van der Waals surface area contributed by atoms with Crippen molar-refractivity contribution in [3.8, 4) is 5.75 Å². The van der Waals surface area contributed by atoms with Gasteiger partial charge in [-0.2, -0.15) is 0 Å². The van der Waals surface area contributed by atoms with Gasteiger partial charge >= 0.3 is 5.97 Å². The second-order valence-corrected chi connectivity index (χ2v) is 4.79. The molecule has 0 aliphatic rings. The van der Waals surface area contributed by atoms with Crippen molar-refractivity contribution in [2.24, 2.45) is 0 Å². The Labute approximate surface area is 105 Å². The largest absolute Gasteiger partial charge is 0.482 e. The Kier molecular flexibility index (Phi) is 4.67. The van der Waals surface area contributed by atoms with E-state index in [4.69, 9.17) is 14.6 Å². The number of hydrogen-bond donors (Lipinski definition) is 1. The highest BCUT2D eigenvalue weighted by Crippen LogP contribution is 2.20. The minimum atomic E-state index is -0.580. The van der Waals surface area contributed by atoms with Crippen LogP contribution < -0.4 is 4.74 Å². The summed E-state index contributed by atoms with van der Waals surface area (Å²) in [6.07, 6.45) is 0. The van der Waals surface area contributed by atoms with Crippen LogP contribution in [-0.4, -0.2) is 23.3 Å². The van der Waals surface area contributed by atoms with Gasteiger partial charge in [0.1, 0.15) is 17.2 Å². The molecule has 0 amide bonds. The average molecular weight is 256 g/mol. The lowest BCUT2D eigenvalue weighted by molar-refractivity contribution is -0.157. The van der Waals surface area contributed by atoms with E-state index in [-0.39, 0.29) is 19.0 Å². The summed E-state index contributed by atoms with van der Waals surface area (Å²) < 4.78 is 23.1. The number of ether oxygens (including phenoxy) is 2.